The average molecular weight is 475 g/mol. The number of rotatable bonds is 10. The van der Waals surface area contributed by atoms with E-state index in [1.165, 1.54) is 0 Å². The summed E-state index contributed by atoms with van der Waals surface area (Å²) in [6.07, 6.45) is 1.09. The summed E-state index contributed by atoms with van der Waals surface area (Å²) in [5.74, 6) is 0.687. The van der Waals surface area contributed by atoms with Crippen LogP contribution in [0.4, 0.5) is 4.79 Å². The molecule has 0 radical (unpaired) electrons. The summed E-state index contributed by atoms with van der Waals surface area (Å²) in [6, 6.07) is 7.41. The van der Waals surface area contributed by atoms with Gasteiger partial charge in [0, 0.05) is 17.6 Å². The second kappa shape index (κ2) is 14.2. The van der Waals surface area contributed by atoms with Crippen molar-refractivity contribution in [3.8, 4) is 5.75 Å². The molecular formula is C21H35BrN2O5. The number of alkyl halides is 1. The average Bonchev–Trinajstić information content (AvgIpc) is 2.64. The van der Waals surface area contributed by atoms with Gasteiger partial charge >= 0.3 is 6.16 Å². The second-order valence-corrected chi connectivity index (χ2v) is 8.76. The van der Waals surface area contributed by atoms with Crippen molar-refractivity contribution < 1.29 is 24.5 Å². The monoisotopic (exact) mass is 474 g/mol. The number of carbonyl (C=O) groups is 2. The highest BCUT2D eigenvalue weighted by Gasteiger charge is 2.17. The maximum atomic E-state index is 12.3. The number of carboxylic acid groups (broad SMARTS) is 2. The molecule has 7 nitrogen and oxygen atoms in total. The first-order valence-electron chi connectivity index (χ1n) is 9.86. The molecule has 29 heavy (non-hydrogen) atoms. The van der Waals surface area contributed by atoms with Crippen molar-refractivity contribution in [3.05, 3.63) is 29.8 Å². The lowest BCUT2D eigenvalue weighted by molar-refractivity contribution is 0.0952. The number of amides is 1. The molecule has 8 heteroatoms. The quantitative estimate of drug-likeness (QED) is 0.287. The van der Waals surface area contributed by atoms with E-state index >= 15 is 0 Å². The third-order valence-corrected chi connectivity index (χ3v) is 5.11. The molecule has 0 bridgehead atoms. The summed E-state index contributed by atoms with van der Waals surface area (Å²) >= 11 is 3.66. The van der Waals surface area contributed by atoms with Gasteiger partial charge in [-0.05, 0) is 64.8 Å². The van der Waals surface area contributed by atoms with E-state index in [-0.39, 0.29) is 17.6 Å². The Hall–Kier alpha value is -1.80. The van der Waals surface area contributed by atoms with Gasteiger partial charge in [0.05, 0.1) is 4.83 Å². The minimum atomic E-state index is -1.83. The molecule has 0 aliphatic rings. The van der Waals surface area contributed by atoms with Crippen LogP contribution < -0.4 is 15.4 Å². The highest BCUT2D eigenvalue weighted by atomic mass is 79.9. The van der Waals surface area contributed by atoms with Crippen LogP contribution in [0.3, 0.4) is 0 Å². The number of halogens is 1. The van der Waals surface area contributed by atoms with Crippen molar-refractivity contribution in [1.29, 1.82) is 0 Å². The van der Waals surface area contributed by atoms with E-state index in [1.807, 2.05) is 24.3 Å². The van der Waals surface area contributed by atoms with Crippen molar-refractivity contribution in [2.24, 2.45) is 0 Å². The van der Waals surface area contributed by atoms with Crippen LogP contribution in [0.5, 0.6) is 5.75 Å². The van der Waals surface area contributed by atoms with Gasteiger partial charge < -0.3 is 25.6 Å². The standard InChI is InChI=1S/C20H33BrN2O2.CH2O3/c1-6-17(21)18(7-2)25-16-11-8-10-15(14-16)19(24)22-12-9-13-23-20(3,4)5;2-1(3)4/h8,10-11,14,17-18,23H,6-7,9,12-13H2,1-5H3,(H,22,24);(H2,2,3,4). The molecule has 0 saturated heterocycles. The lowest BCUT2D eigenvalue weighted by atomic mass is 10.1. The summed E-state index contributed by atoms with van der Waals surface area (Å²) in [7, 11) is 0. The maximum absolute atomic E-state index is 12.3. The topological polar surface area (TPSA) is 108 Å². The third kappa shape index (κ3) is 13.9. The molecule has 0 aromatic heterocycles. The largest absolute Gasteiger partial charge is 0.503 e. The first kappa shape index (κ1) is 27.2. The van der Waals surface area contributed by atoms with E-state index in [4.69, 9.17) is 19.7 Å². The zero-order valence-electron chi connectivity index (χ0n) is 18.0. The van der Waals surface area contributed by atoms with Gasteiger partial charge in [0.2, 0.25) is 0 Å². The third-order valence-electron chi connectivity index (χ3n) is 3.87. The number of carbonyl (C=O) groups excluding carboxylic acids is 1. The molecule has 1 aromatic rings. The Morgan fingerprint density at radius 1 is 1.14 bits per heavy atom. The maximum Gasteiger partial charge on any atom is 0.503 e. The fourth-order valence-corrected chi connectivity index (χ4v) is 2.90. The highest BCUT2D eigenvalue weighted by Crippen LogP contribution is 2.21. The molecule has 0 heterocycles. The van der Waals surface area contributed by atoms with E-state index in [9.17, 15) is 4.79 Å². The highest BCUT2D eigenvalue weighted by molar-refractivity contribution is 9.09. The predicted octanol–water partition coefficient (Wildman–Crippen LogP) is 4.75. The predicted molar refractivity (Wildman–Crippen MR) is 120 cm³/mol. The smallest absolute Gasteiger partial charge is 0.489 e. The van der Waals surface area contributed by atoms with E-state index < -0.39 is 6.16 Å². The Balaban J connectivity index is 0.00000178. The normalized spacial score (nSPS) is 12.9. The minimum Gasteiger partial charge on any atom is -0.489 e. The van der Waals surface area contributed by atoms with Crippen LogP contribution in [0.1, 0.15) is 64.2 Å². The Morgan fingerprint density at radius 3 is 2.28 bits per heavy atom. The summed E-state index contributed by atoms with van der Waals surface area (Å²) < 4.78 is 6.05. The molecule has 0 aliphatic carbocycles. The Kier molecular flexibility index (Phi) is 13.3. The van der Waals surface area contributed by atoms with Crippen LogP contribution in [0.2, 0.25) is 0 Å². The number of hydrogen-bond acceptors (Lipinski definition) is 4. The van der Waals surface area contributed by atoms with Crippen molar-refractivity contribution in [3.63, 3.8) is 0 Å². The molecule has 0 spiro atoms. The summed E-state index contributed by atoms with van der Waals surface area (Å²) in [4.78, 5) is 21.2. The lowest BCUT2D eigenvalue weighted by Gasteiger charge is -2.22. The van der Waals surface area contributed by atoms with E-state index in [2.05, 4.69) is 61.2 Å². The van der Waals surface area contributed by atoms with E-state index in [0.717, 1.165) is 31.6 Å². The van der Waals surface area contributed by atoms with Gasteiger partial charge in [0.15, 0.2) is 0 Å². The Morgan fingerprint density at radius 2 is 1.76 bits per heavy atom. The van der Waals surface area contributed by atoms with Crippen LogP contribution in [-0.4, -0.2) is 51.8 Å². The van der Waals surface area contributed by atoms with Crippen molar-refractivity contribution >= 4 is 28.0 Å². The van der Waals surface area contributed by atoms with Gasteiger partial charge in [-0.2, -0.15) is 0 Å². The molecule has 0 saturated carbocycles. The molecule has 1 rings (SSSR count). The summed E-state index contributed by atoms with van der Waals surface area (Å²) in [6.45, 7) is 12.2. The molecule has 4 N–H and O–H groups in total. The molecule has 1 amide bonds. The van der Waals surface area contributed by atoms with E-state index in [1.54, 1.807) is 0 Å². The first-order chi connectivity index (χ1) is 13.5. The summed E-state index contributed by atoms with van der Waals surface area (Å²) in [5.41, 5.74) is 0.746. The van der Waals surface area contributed by atoms with Gasteiger partial charge in [-0.1, -0.05) is 35.8 Å². The SMILES string of the molecule is CCC(Br)C(CC)Oc1cccc(C(=O)NCCCNC(C)(C)C)c1.O=C(O)O. The molecule has 2 unspecified atom stereocenters. The molecule has 166 valence electrons. The molecule has 2 atom stereocenters. The van der Waals surface area contributed by atoms with E-state index in [0.29, 0.717) is 16.9 Å². The van der Waals surface area contributed by atoms with Crippen LogP contribution >= 0.6 is 15.9 Å². The molecule has 1 aromatic carbocycles. The number of hydrogen-bond donors (Lipinski definition) is 4. The summed E-state index contributed by atoms with van der Waals surface area (Å²) in [5, 5.41) is 20.3. The Labute approximate surface area is 182 Å². The fraction of sp³-hybridized carbons (Fsp3) is 0.619. The molecule has 0 fully saturated rings. The van der Waals surface area contributed by atoms with Crippen LogP contribution in [0.15, 0.2) is 24.3 Å². The van der Waals surface area contributed by atoms with Crippen LogP contribution in [-0.2, 0) is 0 Å². The number of ether oxygens (including phenoxy) is 1. The Bertz CT molecular complexity index is 615. The zero-order valence-corrected chi connectivity index (χ0v) is 19.6. The zero-order chi connectivity index (χ0) is 22.4. The lowest BCUT2D eigenvalue weighted by Crippen LogP contribution is -2.37. The van der Waals surface area contributed by atoms with Crippen molar-refractivity contribution in [1.82, 2.24) is 10.6 Å². The first-order valence-corrected chi connectivity index (χ1v) is 10.8. The van der Waals surface area contributed by atoms with Crippen molar-refractivity contribution in [2.75, 3.05) is 13.1 Å². The minimum absolute atomic E-state index is 0.0554. The number of benzene rings is 1. The second-order valence-electron chi connectivity index (χ2n) is 7.59. The fourth-order valence-electron chi connectivity index (χ4n) is 2.42. The number of nitrogens with one attached hydrogen (secondary N) is 2. The van der Waals surface area contributed by atoms with Gasteiger partial charge in [-0.25, -0.2) is 4.79 Å². The van der Waals surface area contributed by atoms with Gasteiger partial charge in [-0.15, -0.1) is 0 Å². The van der Waals surface area contributed by atoms with Gasteiger partial charge in [0.25, 0.3) is 5.91 Å². The van der Waals surface area contributed by atoms with Gasteiger partial charge in [-0.3, -0.25) is 4.79 Å². The van der Waals surface area contributed by atoms with Crippen LogP contribution in [0, 0.1) is 0 Å². The van der Waals surface area contributed by atoms with Gasteiger partial charge in [0.1, 0.15) is 11.9 Å². The molecular weight excluding hydrogens is 440 g/mol. The van der Waals surface area contributed by atoms with Crippen LogP contribution in [0.25, 0.3) is 0 Å². The molecule has 0 aliphatic heterocycles. The van der Waals surface area contributed by atoms with Crippen molar-refractivity contribution in [2.45, 2.75) is 70.4 Å².